The topological polar surface area (TPSA) is 110 Å². The van der Waals surface area contributed by atoms with Gasteiger partial charge in [-0.3, -0.25) is 9.59 Å². The van der Waals surface area contributed by atoms with Crippen molar-refractivity contribution in [1.29, 1.82) is 0 Å². The number of esters is 1. The zero-order valence-corrected chi connectivity index (χ0v) is 22.7. The standard InChI is InChI=1S/C26H25F3N4O4S2/c1-3-37-24(36)20-14(2)19(22(35)30-15-9-5-4-6-10-15)23(39-20)32-18(34)13-38-25-31-17-12-8-7-11-16(17)21(33-25)26(27,28)29/h4-6,9-10H,3,7-8,11-13H2,1-2H3,(H,30,35)(H,32,34). The summed E-state index contributed by atoms with van der Waals surface area (Å²) in [6.07, 6.45) is -2.56. The lowest BCUT2D eigenvalue weighted by molar-refractivity contribution is -0.142. The molecule has 206 valence electrons. The predicted molar refractivity (Wildman–Crippen MR) is 142 cm³/mol. The largest absolute Gasteiger partial charge is 0.462 e. The summed E-state index contributed by atoms with van der Waals surface area (Å²) in [5.74, 6) is -2.08. The van der Waals surface area contributed by atoms with Gasteiger partial charge in [0.2, 0.25) is 5.91 Å². The summed E-state index contributed by atoms with van der Waals surface area (Å²) < 4.78 is 46.0. The van der Waals surface area contributed by atoms with E-state index in [2.05, 4.69) is 20.6 Å². The number of benzene rings is 1. The van der Waals surface area contributed by atoms with E-state index < -0.39 is 29.7 Å². The summed E-state index contributed by atoms with van der Waals surface area (Å²) >= 11 is 1.66. The summed E-state index contributed by atoms with van der Waals surface area (Å²) in [6.45, 7) is 3.35. The minimum atomic E-state index is -4.62. The molecule has 1 aromatic carbocycles. The first-order valence-corrected chi connectivity index (χ1v) is 13.9. The first-order chi connectivity index (χ1) is 18.6. The van der Waals surface area contributed by atoms with Crippen LogP contribution in [-0.2, 0) is 28.5 Å². The molecule has 0 bridgehead atoms. The maximum Gasteiger partial charge on any atom is 0.433 e. The number of anilines is 2. The third kappa shape index (κ3) is 6.77. The van der Waals surface area contributed by atoms with Crippen molar-refractivity contribution in [2.45, 2.75) is 50.9 Å². The van der Waals surface area contributed by atoms with Gasteiger partial charge in [0.15, 0.2) is 10.9 Å². The van der Waals surface area contributed by atoms with Crippen LogP contribution in [0.1, 0.15) is 62.3 Å². The Bertz CT molecular complexity index is 1390. The van der Waals surface area contributed by atoms with Crippen LogP contribution in [0.15, 0.2) is 35.5 Å². The molecule has 0 radical (unpaired) electrons. The number of para-hydroxylation sites is 1. The highest BCUT2D eigenvalue weighted by molar-refractivity contribution is 7.99. The summed E-state index contributed by atoms with van der Waals surface area (Å²) in [6, 6.07) is 8.65. The number of ether oxygens (including phenoxy) is 1. The van der Waals surface area contributed by atoms with E-state index in [-0.39, 0.29) is 44.9 Å². The molecule has 0 atom stereocenters. The van der Waals surface area contributed by atoms with Gasteiger partial charge in [-0.05, 0) is 57.2 Å². The fraction of sp³-hybridized carbons (Fsp3) is 0.346. The quantitative estimate of drug-likeness (QED) is 0.194. The van der Waals surface area contributed by atoms with E-state index in [0.29, 0.717) is 29.8 Å². The van der Waals surface area contributed by atoms with Crippen molar-refractivity contribution in [1.82, 2.24) is 9.97 Å². The number of amides is 2. The van der Waals surface area contributed by atoms with Gasteiger partial charge >= 0.3 is 12.1 Å². The minimum absolute atomic E-state index is 0.0923. The normalized spacial score (nSPS) is 12.9. The fourth-order valence-electron chi connectivity index (χ4n) is 4.14. The number of thioether (sulfide) groups is 1. The van der Waals surface area contributed by atoms with Gasteiger partial charge in [0, 0.05) is 16.9 Å². The average molecular weight is 579 g/mol. The molecule has 39 heavy (non-hydrogen) atoms. The summed E-state index contributed by atoms with van der Waals surface area (Å²) in [4.78, 5) is 46.6. The number of aromatic nitrogens is 2. The molecule has 0 fully saturated rings. The van der Waals surface area contributed by atoms with Gasteiger partial charge in [0.1, 0.15) is 9.88 Å². The molecule has 2 heterocycles. The van der Waals surface area contributed by atoms with Crippen LogP contribution in [0.25, 0.3) is 0 Å². The molecule has 8 nitrogen and oxygen atoms in total. The molecule has 2 aromatic heterocycles. The minimum Gasteiger partial charge on any atom is -0.462 e. The Morgan fingerprint density at radius 3 is 2.49 bits per heavy atom. The lowest BCUT2D eigenvalue weighted by atomic mass is 9.94. The Morgan fingerprint density at radius 1 is 1.08 bits per heavy atom. The number of hydrogen-bond donors (Lipinski definition) is 2. The number of aryl methyl sites for hydroxylation is 1. The first kappa shape index (κ1) is 28.6. The van der Waals surface area contributed by atoms with Crippen molar-refractivity contribution >= 4 is 51.6 Å². The number of fused-ring (bicyclic) bond motifs is 1. The van der Waals surface area contributed by atoms with E-state index in [1.54, 1.807) is 44.2 Å². The van der Waals surface area contributed by atoms with Crippen LogP contribution in [-0.4, -0.2) is 40.1 Å². The van der Waals surface area contributed by atoms with Crippen molar-refractivity contribution < 1.29 is 32.3 Å². The van der Waals surface area contributed by atoms with Gasteiger partial charge in [-0.25, -0.2) is 14.8 Å². The number of carbonyl (C=O) groups is 3. The van der Waals surface area contributed by atoms with Crippen molar-refractivity contribution in [3.05, 3.63) is 63.3 Å². The second kappa shape index (κ2) is 12.2. The maximum absolute atomic E-state index is 13.6. The molecule has 0 saturated carbocycles. The van der Waals surface area contributed by atoms with Gasteiger partial charge in [0.25, 0.3) is 5.91 Å². The van der Waals surface area contributed by atoms with Crippen molar-refractivity contribution in [3.8, 4) is 0 Å². The average Bonchev–Trinajstić information content (AvgIpc) is 3.22. The van der Waals surface area contributed by atoms with Crippen LogP contribution in [0.3, 0.4) is 0 Å². The van der Waals surface area contributed by atoms with Crippen LogP contribution in [0, 0.1) is 6.92 Å². The molecular formula is C26H25F3N4O4S2. The maximum atomic E-state index is 13.6. The SMILES string of the molecule is CCOC(=O)c1sc(NC(=O)CSc2nc3c(c(C(F)(F)F)n2)CCCC3)c(C(=O)Nc2ccccc2)c1C. The molecule has 1 aliphatic carbocycles. The molecule has 2 N–H and O–H groups in total. The lowest BCUT2D eigenvalue weighted by Gasteiger charge is -2.20. The number of rotatable bonds is 8. The monoisotopic (exact) mass is 578 g/mol. The third-order valence-corrected chi connectivity index (χ3v) is 7.92. The van der Waals surface area contributed by atoms with Crippen LogP contribution in [0.2, 0.25) is 0 Å². The number of halogens is 3. The van der Waals surface area contributed by atoms with Crippen LogP contribution >= 0.6 is 23.1 Å². The highest BCUT2D eigenvalue weighted by atomic mass is 32.2. The van der Waals surface area contributed by atoms with E-state index in [1.165, 1.54) is 0 Å². The van der Waals surface area contributed by atoms with E-state index in [4.69, 9.17) is 4.74 Å². The molecule has 4 rings (SSSR count). The lowest BCUT2D eigenvalue weighted by Crippen LogP contribution is -2.20. The predicted octanol–water partition coefficient (Wildman–Crippen LogP) is 5.90. The van der Waals surface area contributed by atoms with Crippen LogP contribution < -0.4 is 10.6 Å². The Labute approximate surface area is 230 Å². The fourth-order valence-corrected chi connectivity index (χ4v) is 5.92. The Kier molecular flexibility index (Phi) is 8.90. The molecule has 0 unspecified atom stereocenters. The van der Waals surface area contributed by atoms with E-state index in [1.807, 2.05) is 0 Å². The second-order valence-corrected chi connectivity index (χ2v) is 10.6. The van der Waals surface area contributed by atoms with Crippen LogP contribution in [0.4, 0.5) is 23.9 Å². The smallest absolute Gasteiger partial charge is 0.433 e. The Hall–Kier alpha value is -3.45. The molecule has 2 amide bonds. The Morgan fingerprint density at radius 2 is 1.79 bits per heavy atom. The number of hydrogen-bond acceptors (Lipinski definition) is 8. The number of carbonyl (C=O) groups excluding carboxylic acids is 3. The van der Waals surface area contributed by atoms with Gasteiger partial charge in [-0.15, -0.1) is 11.3 Å². The summed E-state index contributed by atoms with van der Waals surface area (Å²) in [7, 11) is 0. The van der Waals surface area contributed by atoms with Crippen LogP contribution in [0.5, 0.6) is 0 Å². The first-order valence-electron chi connectivity index (χ1n) is 12.1. The number of alkyl halides is 3. The van der Waals surface area contributed by atoms with Gasteiger partial charge in [-0.1, -0.05) is 30.0 Å². The molecule has 13 heteroatoms. The molecule has 0 saturated heterocycles. The summed E-state index contributed by atoms with van der Waals surface area (Å²) in [5.41, 5.74) is 0.473. The van der Waals surface area contributed by atoms with E-state index in [0.717, 1.165) is 29.5 Å². The molecule has 0 aliphatic heterocycles. The summed E-state index contributed by atoms with van der Waals surface area (Å²) in [5, 5.41) is 5.34. The molecule has 0 spiro atoms. The van der Waals surface area contributed by atoms with Gasteiger partial charge in [-0.2, -0.15) is 13.2 Å². The highest BCUT2D eigenvalue weighted by Crippen LogP contribution is 2.37. The molecular weight excluding hydrogens is 553 g/mol. The number of thiophene rings is 1. The second-order valence-electron chi connectivity index (χ2n) is 8.62. The molecule has 3 aromatic rings. The zero-order chi connectivity index (χ0) is 28.2. The number of nitrogens with one attached hydrogen (secondary N) is 2. The zero-order valence-electron chi connectivity index (χ0n) is 21.1. The Balaban J connectivity index is 1.55. The van der Waals surface area contributed by atoms with Gasteiger partial charge < -0.3 is 15.4 Å². The third-order valence-electron chi connectivity index (χ3n) is 5.88. The van der Waals surface area contributed by atoms with E-state index >= 15 is 0 Å². The highest BCUT2D eigenvalue weighted by Gasteiger charge is 2.38. The van der Waals surface area contributed by atoms with Gasteiger partial charge in [0.05, 0.1) is 17.9 Å². The van der Waals surface area contributed by atoms with Crippen molar-refractivity contribution in [2.24, 2.45) is 0 Å². The van der Waals surface area contributed by atoms with E-state index in [9.17, 15) is 27.6 Å². The number of nitrogens with zero attached hydrogens (tertiary/aromatic N) is 2. The molecule has 1 aliphatic rings. The van der Waals surface area contributed by atoms with Crippen molar-refractivity contribution in [3.63, 3.8) is 0 Å². The van der Waals surface area contributed by atoms with Crippen molar-refractivity contribution in [2.75, 3.05) is 23.0 Å².